The average Bonchev–Trinajstić information content (AvgIpc) is 3.24. The molecule has 2 aromatic rings. The molecule has 0 bridgehead atoms. The molecule has 2 aliphatic heterocycles. The van der Waals surface area contributed by atoms with E-state index in [1.54, 1.807) is 48.5 Å². The van der Waals surface area contributed by atoms with Crippen LogP contribution < -0.4 is 0 Å². The molecule has 41 heavy (non-hydrogen) atoms. The summed E-state index contributed by atoms with van der Waals surface area (Å²) < 4.78 is 37.0. The van der Waals surface area contributed by atoms with Crippen LogP contribution in [0.5, 0.6) is 0 Å². The number of aliphatic hydroxyl groups excluding tert-OH is 7. The van der Waals surface area contributed by atoms with Crippen molar-refractivity contribution < 1.29 is 58.8 Å². The molecule has 2 saturated heterocycles. The van der Waals surface area contributed by atoms with Crippen LogP contribution in [0.25, 0.3) is 0 Å². The normalized spacial score (nSPS) is 32.8. The molecular weight excluding hydrogens is 561 g/mol. The third-order valence-corrected chi connectivity index (χ3v) is 9.07. The first-order chi connectivity index (χ1) is 19.7. The zero-order valence-electron chi connectivity index (χ0n) is 22.3. The van der Waals surface area contributed by atoms with Gasteiger partial charge < -0.3 is 54.3 Å². The molecule has 2 aromatic carbocycles. The molecule has 0 saturated carbocycles. The fourth-order valence-corrected chi connectivity index (χ4v) is 6.78. The summed E-state index contributed by atoms with van der Waals surface area (Å²) in [6, 6.07) is 15.9. The molecule has 0 amide bonds. The number of nitrogens with zero attached hydrogens (tertiary/aromatic N) is 1. The maximum absolute atomic E-state index is 14.1. The first kappa shape index (κ1) is 32.1. The van der Waals surface area contributed by atoms with Crippen molar-refractivity contribution in [3.63, 3.8) is 0 Å². The van der Waals surface area contributed by atoms with E-state index in [1.165, 1.54) is 4.90 Å². The summed E-state index contributed by atoms with van der Waals surface area (Å²) in [4.78, 5) is 1.37. The van der Waals surface area contributed by atoms with E-state index in [-0.39, 0.29) is 13.2 Å². The van der Waals surface area contributed by atoms with Crippen LogP contribution in [0, 0.1) is 0 Å². The van der Waals surface area contributed by atoms with Crippen LogP contribution in [-0.4, -0.2) is 122 Å². The van der Waals surface area contributed by atoms with E-state index in [4.69, 9.17) is 18.5 Å². The summed E-state index contributed by atoms with van der Waals surface area (Å²) in [5, 5.41) is 71.7. The highest BCUT2D eigenvalue weighted by Crippen LogP contribution is 2.52. The first-order valence-electron chi connectivity index (χ1n) is 13.3. The highest BCUT2D eigenvalue weighted by molar-refractivity contribution is 7.53. The van der Waals surface area contributed by atoms with E-state index >= 15 is 0 Å². The molecule has 4 rings (SSSR count). The molecule has 9 atom stereocenters. The van der Waals surface area contributed by atoms with Crippen molar-refractivity contribution in [2.45, 2.75) is 68.2 Å². The third kappa shape index (κ3) is 7.59. The van der Waals surface area contributed by atoms with Gasteiger partial charge in [-0.1, -0.05) is 60.7 Å². The van der Waals surface area contributed by atoms with Gasteiger partial charge in [-0.05, 0) is 11.1 Å². The van der Waals surface area contributed by atoms with Crippen LogP contribution in [0.15, 0.2) is 60.7 Å². The molecule has 13 nitrogen and oxygen atoms in total. The second-order valence-corrected chi connectivity index (χ2v) is 12.1. The molecular formula is C27H38NO12P. The van der Waals surface area contributed by atoms with E-state index in [2.05, 4.69) is 0 Å². The highest BCUT2D eigenvalue weighted by Gasteiger charge is 2.54. The van der Waals surface area contributed by atoms with Gasteiger partial charge in [0.05, 0.1) is 51.2 Å². The SMILES string of the molecule is O=P(CN1[C@H](CO)[C@@H](O)[C@H](O[C@H]2O[C@H](CO)[C@@H](O)[C@H](O)[C@H]2O)[C@H]1CO)(OCc1ccccc1)OCc1ccccc1. The van der Waals surface area contributed by atoms with Crippen molar-refractivity contribution in [2.24, 2.45) is 0 Å². The van der Waals surface area contributed by atoms with E-state index in [1.807, 2.05) is 12.1 Å². The van der Waals surface area contributed by atoms with Gasteiger partial charge in [0, 0.05) is 0 Å². The largest absolute Gasteiger partial charge is 0.395 e. The minimum Gasteiger partial charge on any atom is -0.395 e. The maximum atomic E-state index is 14.1. The number of hydrogen-bond acceptors (Lipinski definition) is 13. The summed E-state index contributed by atoms with van der Waals surface area (Å²) in [5.74, 6) is 0. The Morgan fingerprint density at radius 2 is 1.24 bits per heavy atom. The van der Waals surface area contributed by atoms with E-state index < -0.39 is 88.7 Å². The van der Waals surface area contributed by atoms with E-state index in [9.17, 15) is 40.3 Å². The van der Waals surface area contributed by atoms with Gasteiger partial charge in [-0.15, -0.1) is 0 Å². The van der Waals surface area contributed by atoms with Gasteiger partial charge in [0.15, 0.2) is 6.29 Å². The average molecular weight is 600 g/mol. The molecule has 2 aliphatic rings. The molecule has 0 aliphatic carbocycles. The monoisotopic (exact) mass is 599 g/mol. The van der Waals surface area contributed by atoms with Gasteiger partial charge in [-0.2, -0.15) is 0 Å². The van der Waals surface area contributed by atoms with Crippen molar-refractivity contribution >= 4 is 7.60 Å². The molecule has 14 heteroatoms. The van der Waals surface area contributed by atoms with Crippen LogP contribution in [0.1, 0.15) is 11.1 Å². The van der Waals surface area contributed by atoms with Gasteiger partial charge in [0.2, 0.25) is 0 Å². The van der Waals surface area contributed by atoms with E-state index in [0.717, 1.165) is 11.1 Å². The minimum absolute atomic E-state index is 0.0539. The van der Waals surface area contributed by atoms with Gasteiger partial charge >= 0.3 is 7.60 Å². The summed E-state index contributed by atoms with van der Waals surface area (Å²) >= 11 is 0. The Labute approximate surface area is 237 Å². The standard InChI is InChI=1S/C27H38NO12P/c29-11-19-22(32)26(40-27-25(35)24(34)23(33)21(13-31)39-27)20(12-30)28(19)16-41(36,37-14-17-7-3-1-4-8-17)38-15-18-9-5-2-6-10-18/h1-10,19-27,29-35H,11-16H2/t19-,20-,21-,22-,23-,24+,25-,26-,27-/m1/s1. The second kappa shape index (κ2) is 14.6. The Morgan fingerprint density at radius 1 is 0.707 bits per heavy atom. The predicted molar refractivity (Wildman–Crippen MR) is 143 cm³/mol. The van der Waals surface area contributed by atoms with Crippen molar-refractivity contribution in [2.75, 3.05) is 26.1 Å². The maximum Gasteiger partial charge on any atom is 0.345 e. The zero-order valence-corrected chi connectivity index (χ0v) is 23.2. The number of benzene rings is 2. The van der Waals surface area contributed by atoms with Crippen LogP contribution >= 0.6 is 7.60 Å². The molecule has 2 fully saturated rings. The summed E-state index contributed by atoms with van der Waals surface area (Å²) in [6.45, 7) is -2.05. The van der Waals surface area contributed by atoms with Gasteiger partial charge in [0.1, 0.15) is 36.8 Å². The predicted octanol–water partition coefficient (Wildman–Crippen LogP) is -0.846. The van der Waals surface area contributed by atoms with E-state index in [0.29, 0.717) is 0 Å². The van der Waals surface area contributed by atoms with Crippen molar-refractivity contribution in [1.82, 2.24) is 4.90 Å². The van der Waals surface area contributed by atoms with Crippen LogP contribution in [0.4, 0.5) is 0 Å². The van der Waals surface area contributed by atoms with Crippen LogP contribution in [0.2, 0.25) is 0 Å². The number of hydrogen-bond donors (Lipinski definition) is 7. The Balaban J connectivity index is 1.55. The Morgan fingerprint density at radius 3 is 1.73 bits per heavy atom. The van der Waals surface area contributed by atoms with Crippen LogP contribution in [-0.2, 0) is 36.3 Å². The Hall–Kier alpha value is -1.81. The minimum atomic E-state index is -3.99. The fraction of sp³-hybridized carbons (Fsp3) is 0.556. The molecule has 228 valence electrons. The second-order valence-electron chi connectivity index (χ2n) is 10.1. The number of aliphatic hydroxyl groups is 7. The lowest BCUT2D eigenvalue weighted by Crippen LogP contribution is -2.60. The fourth-order valence-electron chi connectivity index (χ4n) is 5.03. The highest BCUT2D eigenvalue weighted by atomic mass is 31.2. The topological polar surface area (TPSA) is 199 Å². The van der Waals surface area contributed by atoms with Crippen LogP contribution in [0.3, 0.4) is 0 Å². The lowest BCUT2D eigenvalue weighted by atomic mass is 9.99. The van der Waals surface area contributed by atoms with Gasteiger partial charge in [0.25, 0.3) is 0 Å². The number of rotatable bonds is 13. The number of ether oxygens (including phenoxy) is 2. The molecule has 0 spiro atoms. The quantitative estimate of drug-likeness (QED) is 0.141. The Kier molecular flexibility index (Phi) is 11.4. The lowest BCUT2D eigenvalue weighted by molar-refractivity contribution is -0.317. The van der Waals surface area contributed by atoms with Crippen molar-refractivity contribution in [3.8, 4) is 0 Å². The summed E-state index contributed by atoms with van der Waals surface area (Å²) in [6.07, 6.45) is -11.2. The summed E-state index contributed by atoms with van der Waals surface area (Å²) in [7, 11) is -3.99. The Bertz CT molecular complexity index is 1060. The summed E-state index contributed by atoms with van der Waals surface area (Å²) in [5.41, 5.74) is 1.47. The number of likely N-dealkylation sites (tertiary alicyclic amines) is 1. The zero-order chi connectivity index (χ0) is 29.6. The molecule has 0 unspecified atom stereocenters. The molecule has 0 radical (unpaired) electrons. The van der Waals surface area contributed by atoms with Gasteiger partial charge in [-0.25, -0.2) is 0 Å². The molecule has 7 N–H and O–H groups in total. The lowest BCUT2D eigenvalue weighted by Gasteiger charge is -2.41. The smallest absolute Gasteiger partial charge is 0.345 e. The van der Waals surface area contributed by atoms with Gasteiger partial charge in [-0.3, -0.25) is 9.46 Å². The molecule has 2 heterocycles. The van der Waals surface area contributed by atoms with Crippen molar-refractivity contribution in [3.05, 3.63) is 71.8 Å². The third-order valence-electron chi connectivity index (χ3n) is 7.35. The molecule has 0 aromatic heterocycles. The first-order valence-corrected chi connectivity index (χ1v) is 15.0. The van der Waals surface area contributed by atoms with Crippen molar-refractivity contribution in [1.29, 1.82) is 0 Å².